The summed E-state index contributed by atoms with van der Waals surface area (Å²) in [5, 5.41) is 10.4. The van der Waals surface area contributed by atoms with Gasteiger partial charge >= 0.3 is 5.91 Å². The molecule has 0 saturated heterocycles. The van der Waals surface area contributed by atoms with Crippen molar-refractivity contribution >= 4 is 17.6 Å². The van der Waals surface area contributed by atoms with Gasteiger partial charge in [0.1, 0.15) is 0 Å². The van der Waals surface area contributed by atoms with Crippen molar-refractivity contribution in [2.75, 3.05) is 19.0 Å². The van der Waals surface area contributed by atoms with Crippen LogP contribution in [0.5, 0.6) is 0 Å². The average molecular weight is 250 g/mol. The van der Waals surface area contributed by atoms with Crippen LogP contribution in [0, 0.1) is 5.92 Å². The summed E-state index contributed by atoms with van der Waals surface area (Å²) < 4.78 is 1.47. The van der Waals surface area contributed by atoms with Gasteiger partial charge in [-0.05, 0) is 12.3 Å². The molecule has 0 aliphatic carbocycles. The van der Waals surface area contributed by atoms with Crippen LogP contribution in [0.1, 0.15) is 24.6 Å². The van der Waals surface area contributed by atoms with Crippen LogP contribution in [-0.4, -0.2) is 26.0 Å². The number of hydrogen-bond donors (Lipinski definition) is 0. The van der Waals surface area contributed by atoms with Gasteiger partial charge in [-0.25, -0.2) is 4.79 Å². The van der Waals surface area contributed by atoms with Gasteiger partial charge in [-0.2, -0.15) is 0 Å². The molecule has 0 N–H and O–H groups in total. The summed E-state index contributed by atoms with van der Waals surface area (Å²) in [5.74, 6) is -1.46. The van der Waals surface area contributed by atoms with Crippen LogP contribution in [0.15, 0.2) is 24.5 Å². The molecular weight excluding hydrogens is 232 g/mol. The van der Waals surface area contributed by atoms with E-state index in [2.05, 4.69) is 0 Å². The summed E-state index contributed by atoms with van der Waals surface area (Å²) in [6, 6.07) is 3.67. The highest BCUT2D eigenvalue weighted by atomic mass is 16.4. The van der Waals surface area contributed by atoms with Crippen molar-refractivity contribution in [3.63, 3.8) is 0 Å². The first-order chi connectivity index (χ1) is 8.40. The van der Waals surface area contributed by atoms with Gasteiger partial charge in [0.2, 0.25) is 0 Å². The van der Waals surface area contributed by atoms with E-state index in [0.717, 1.165) is 5.69 Å². The number of hydrogen-bond acceptors (Lipinski definition) is 4. The minimum Gasteiger partial charge on any atom is -0.550 e. The molecule has 1 aromatic rings. The zero-order valence-electron chi connectivity index (χ0n) is 10.9. The van der Waals surface area contributed by atoms with Crippen LogP contribution in [0.3, 0.4) is 0 Å². The molecular formula is C13H18N2O3. The molecule has 5 heteroatoms. The predicted molar refractivity (Wildman–Crippen MR) is 65.0 cm³/mol. The van der Waals surface area contributed by atoms with Gasteiger partial charge in [0.05, 0.1) is 6.42 Å². The average Bonchev–Trinajstić information content (AvgIpc) is 2.27. The lowest BCUT2D eigenvalue weighted by molar-refractivity contribution is -0.574. The summed E-state index contributed by atoms with van der Waals surface area (Å²) in [6.45, 7) is 1.72. The Morgan fingerprint density at radius 2 is 1.83 bits per heavy atom. The van der Waals surface area contributed by atoms with E-state index in [1.807, 2.05) is 31.1 Å². The predicted octanol–water partition coefficient (Wildman–Crippen LogP) is -0.153. The molecule has 0 aromatic carbocycles. The monoisotopic (exact) mass is 250 g/mol. The van der Waals surface area contributed by atoms with Gasteiger partial charge in [-0.1, -0.05) is 6.92 Å². The zero-order chi connectivity index (χ0) is 13.7. The van der Waals surface area contributed by atoms with Gasteiger partial charge in [-0.3, -0.25) is 0 Å². The zero-order valence-corrected chi connectivity index (χ0v) is 10.9. The number of rotatable bonds is 5. The Morgan fingerprint density at radius 3 is 2.28 bits per heavy atom. The molecule has 98 valence electrons. The van der Waals surface area contributed by atoms with E-state index < -0.39 is 5.97 Å². The van der Waals surface area contributed by atoms with Crippen molar-refractivity contribution in [2.45, 2.75) is 19.8 Å². The fourth-order valence-electron chi connectivity index (χ4n) is 1.64. The maximum Gasteiger partial charge on any atom is 0.392 e. The van der Waals surface area contributed by atoms with Crippen LogP contribution >= 0.6 is 0 Å². The number of anilines is 1. The molecule has 0 saturated carbocycles. The van der Waals surface area contributed by atoms with Gasteiger partial charge in [0.15, 0.2) is 12.4 Å². The lowest BCUT2D eigenvalue weighted by Crippen LogP contribution is -2.42. The highest BCUT2D eigenvalue weighted by molar-refractivity contribution is 5.69. The maximum absolute atomic E-state index is 11.9. The van der Waals surface area contributed by atoms with E-state index in [0.29, 0.717) is 0 Å². The molecule has 1 heterocycles. The number of nitrogens with zero attached hydrogens (tertiary/aromatic N) is 2. The van der Waals surface area contributed by atoms with Crippen LogP contribution in [0.2, 0.25) is 0 Å². The smallest absolute Gasteiger partial charge is 0.392 e. The van der Waals surface area contributed by atoms with E-state index in [1.165, 1.54) is 4.57 Å². The second-order valence-corrected chi connectivity index (χ2v) is 4.64. The van der Waals surface area contributed by atoms with Crippen molar-refractivity contribution < 1.29 is 19.3 Å². The molecule has 1 atom stereocenters. The van der Waals surface area contributed by atoms with Gasteiger partial charge in [0, 0.05) is 37.9 Å². The van der Waals surface area contributed by atoms with Gasteiger partial charge in [0.25, 0.3) is 0 Å². The summed E-state index contributed by atoms with van der Waals surface area (Å²) in [5.41, 5.74) is 1.00. The van der Waals surface area contributed by atoms with Crippen LogP contribution < -0.4 is 14.6 Å². The highest BCUT2D eigenvalue weighted by Crippen LogP contribution is 2.08. The Morgan fingerprint density at radius 1 is 1.28 bits per heavy atom. The standard InChI is InChI=1S/C13H18N2O3/c1-10(9-13(17)18)8-12(16)15-6-4-11(5-7-15)14(2)3/h4-7,10H,8-9H2,1-3H3/t10-/m0/s1. The third-order valence-corrected chi connectivity index (χ3v) is 2.65. The molecule has 0 fully saturated rings. The van der Waals surface area contributed by atoms with Crippen molar-refractivity contribution in [1.29, 1.82) is 0 Å². The Balaban J connectivity index is 2.64. The number of pyridine rings is 1. The van der Waals surface area contributed by atoms with Crippen molar-refractivity contribution in [3.8, 4) is 0 Å². The fourth-order valence-corrected chi connectivity index (χ4v) is 1.64. The molecule has 0 bridgehead atoms. The Kier molecular flexibility index (Phi) is 4.83. The largest absolute Gasteiger partial charge is 0.550 e. The lowest BCUT2D eigenvalue weighted by Gasteiger charge is -2.11. The molecule has 0 unspecified atom stereocenters. The molecule has 5 nitrogen and oxygen atoms in total. The van der Waals surface area contributed by atoms with Gasteiger partial charge < -0.3 is 14.8 Å². The topological polar surface area (TPSA) is 64.3 Å². The second kappa shape index (κ2) is 6.14. The number of carboxylic acids is 1. The van der Waals surface area contributed by atoms with E-state index in [9.17, 15) is 14.7 Å². The number of carbonyl (C=O) groups is 2. The third kappa shape index (κ3) is 4.16. The molecule has 18 heavy (non-hydrogen) atoms. The van der Waals surface area contributed by atoms with E-state index in [4.69, 9.17) is 0 Å². The molecule has 0 aliphatic heterocycles. The molecule has 0 spiro atoms. The first-order valence-corrected chi connectivity index (χ1v) is 5.82. The molecule has 0 amide bonds. The number of aliphatic carboxylic acids is 1. The first kappa shape index (κ1) is 14.2. The van der Waals surface area contributed by atoms with Gasteiger partial charge in [-0.15, -0.1) is 4.57 Å². The minimum atomic E-state index is -1.12. The van der Waals surface area contributed by atoms with Crippen molar-refractivity contribution in [1.82, 2.24) is 0 Å². The van der Waals surface area contributed by atoms with E-state index in [1.54, 1.807) is 19.3 Å². The second-order valence-electron chi connectivity index (χ2n) is 4.64. The highest BCUT2D eigenvalue weighted by Gasteiger charge is 2.18. The van der Waals surface area contributed by atoms with Crippen LogP contribution in [0.25, 0.3) is 0 Å². The van der Waals surface area contributed by atoms with E-state index >= 15 is 0 Å². The molecule has 0 radical (unpaired) electrons. The number of carbonyl (C=O) groups excluding carboxylic acids is 2. The number of aromatic nitrogens is 1. The molecule has 1 rings (SSSR count). The molecule has 1 aromatic heterocycles. The molecule has 0 aliphatic rings. The first-order valence-electron chi connectivity index (χ1n) is 5.82. The summed E-state index contributed by atoms with van der Waals surface area (Å²) in [4.78, 5) is 24.2. The fraction of sp³-hybridized carbons (Fsp3) is 0.462. The number of carboxylic acid groups (broad SMARTS) is 1. The minimum absolute atomic E-state index is 0.0952. The summed E-state index contributed by atoms with van der Waals surface area (Å²) in [6.07, 6.45) is 3.47. The lowest BCUT2D eigenvalue weighted by atomic mass is 10.0. The quantitative estimate of drug-likeness (QED) is 0.682. The Bertz CT molecular complexity index is 426. The van der Waals surface area contributed by atoms with Crippen LogP contribution in [0.4, 0.5) is 5.69 Å². The third-order valence-electron chi connectivity index (χ3n) is 2.65. The van der Waals surface area contributed by atoms with E-state index in [-0.39, 0.29) is 24.7 Å². The maximum atomic E-state index is 11.9. The SMILES string of the molecule is C[C@H](CC(=O)[O-])CC(=O)[n+]1ccc(N(C)C)cc1. The normalized spacial score (nSPS) is 11.9. The summed E-state index contributed by atoms with van der Waals surface area (Å²) in [7, 11) is 3.84. The van der Waals surface area contributed by atoms with Crippen molar-refractivity contribution in [3.05, 3.63) is 24.5 Å². The summed E-state index contributed by atoms with van der Waals surface area (Å²) >= 11 is 0. The van der Waals surface area contributed by atoms with Crippen molar-refractivity contribution in [2.24, 2.45) is 5.92 Å². The Hall–Kier alpha value is -1.91. The Labute approximate surface area is 107 Å². The van der Waals surface area contributed by atoms with Crippen LogP contribution in [-0.2, 0) is 4.79 Å².